The van der Waals surface area contributed by atoms with Gasteiger partial charge in [-0.1, -0.05) is 37.4 Å². The van der Waals surface area contributed by atoms with Crippen molar-refractivity contribution in [2.24, 2.45) is 5.92 Å². The van der Waals surface area contributed by atoms with E-state index in [1.165, 1.54) is 25.7 Å². The highest BCUT2D eigenvalue weighted by Gasteiger charge is 2.24. The monoisotopic (exact) mass is 415 g/mol. The van der Waals surface area contributed by atoms with Crippen LogP contribution < -0.4 is 4.74 Å². The first-order chi connectivity index (χ1) is 13.4. The molecule has 1 aromatic heterocycles. The summed E-state index contributed by atoms with van der Waals surface area (Å²) in [5, 5.41) is -0.818. The fraction of sp³-hybridized carbons (Fsp3) is 0.476. The summed E-state index contributed by atoms with van der Waals surface area (Å²) < 4.78 is 57.5. The first-order valence-corrected chi connectivity index (χ1v) is 9.87. The van der Waals surface area contributed by atoms with E-state index < -0.39 is 29.0 Å². The number of ether oxygens (including phenoxy) is 1. The van der Waals surface area contributed by atoms with Crippen LogP contribution in [0.2, 0.25) is 5.02 Å². The standard InChI is InChI=1S/C21H22ClF4NO/c1-2-3-12-4-6-13(7-5-12)14-8-9-16(27-11-14)15-10-17(28-21(25)26)18(22)20(24)19(15)23/h8-13,21H,2-7H2,1H3. The van der Waals surface area contributed by atoms with Crippen LogP contribution in [0.25, 0.3) is 11.3 Å². The molecular formula is C21H22ClF4NO. The van der Waals surface area contributed by atoms with E-state index in [-0.39, 0.29) is 11.3 Å². The van der Waals surface area contributed by atoms with Gasteiger partial charge in [0.15, 0.2) is 11.6 Å². The number of hydrogen-bond donors (Lipinski definition) is 0. The van der Waals surface area contributed by atoms with Gasteiger partial charge in [-0.05, 0) is 55.2 Å². The molecule has 0 spiro atoms. The number of benzene rings is 1. The van der Waals surface area contributed by atoms with E-state index in [2.05, 4.69) is 16.6 Å². The minimum absolute atomic E-state index is 0.135. The zero-order chi connectivity index (χ0) is 20.3. The molecule has 1 saturated carbocycles. The summed E-state index contributed by atoms with van der Waals surface area (Å²) in [5.41, 5.74) is 0.920. The fourth-order valence-corrected chi connectivity index (χ4v) is 4.13. The van der Waals surface area contributed by atoms with Crippen molar-refractivity contribution in [1.29, 1.82) is 0 Å². The molecule has 1 aromatic carbocycles. The SMILES string of the molecule is CCCC1CCC(c2ccc(-c3cc(OC(F)F)c(Cl)c(F)c3F)nc2)CC1. The number of pyridine rings is 1. The number of hydrogen-bond acceptors (Lipinski definition) is 2. The number of alkyl halides is 2. The first-order valence-electron chi connectivity index (χ1n) is 9.49. The molecule has 3 rings (SSSR count). The molecule has 0 radical (unpaired) electrons. The van der Waals surface area contributed by atoms with Crippen LogP contribution in [0.5, 0.6) is 5.75 Å². The molecule has 0 bridgehead atoms. The lowest BCUT2D eigenvalue weighted by atomic mass is 9.77. The number of nitrogens with zero attached hydrogens (tertiary/aromatic N) is 1. The van der Waals surface area contributed by atoms with Crippen LogP contribution in [-0.4, -0.2) is 11.6 Å². The van der Waals surface area contributed by atoms with Gasteiger partial charge in [0, 0.05) is 11.8 Å². The van der Waals surface area contributed by atoms with Gasteiger partial charge in [-0.15, -0.1) is 0 Å². The Morgan fingerprint density at radius 1 is 1.14 bits per heavy atom. The molecule has 0 amide bonds. The van der Waals surface area contributed by atoms with E-state index >= 15 is 0 Å². The molecule has 2 aromatic rings. The van der Waals surface area contributed by atoms with Gasteiger partial charge in [0.05, 0.1) is 5.69 Å². The largest absolute Gasteiger partial charge is 0.433 e. The summed E-state index contributed by atoms with van der Waals surface area (Å²) in [6, 6.07) is 4.36. The van der Waals surface area contributed by atoms with E-state index in [1.807, 2.05) is 6.07 Å². The third-order valence-corrected chi connectivity index (χ3v) is 5.76. The van der Waals surface area contributed by atoms with Gasteiger partial charge >= 0.3 is 6.61 Å². The van der Waals surface area contributed by atoms with Gasteiger partial charge in [-0.25, -0.2) is 8.78 Å². The summed E-state index contributed by atoms with van der Waals surface area (Å²) in [7, 11) is 0. The summed E-state index contributed by atoms with van der Waals surface area (Å²) in [6.07, 6.45) is 8.65. The second kappa shape index (κ2) is 9.12. The predicted molar refractivity (Wildman–Crippen MR) is 101 cm³/mol. The van der Waals surface area contributed by atoms with Crippen molar-refractivity contribution < 1.29 is 22.3 Å². The Labute approximate surface area is 166 Å². The van der Waals surface area contributed by atoms with Crippen molar-refractivity contribution in [2.45, 2.75) is 58.0 Å². The molecule has 2 nitrogen and oxygen atoms in total. The molecule has 1 heterocycles. The Morgan fingerprint density at radius 3 is 2.43 bits per heavy atom. The van der Waals surface area contributed by atoms with Crippen LogP contribution in [0.4, 0.5) is 17.6 Å². The molecule has 1 aliphatic rings. The zero-order valence-corrected chi connectivity index (χ0v) is 16.3. The maximum Gasteiger partial charge on any atom is 0.387 e. The van der Waals surface area contributed by atoms with Crippen LogP contribution in [-0.2, 0) is 0 Å². The second-order valence-electron chi connectivity index (χ2n) is 7.23. The predicted octanol–water partition coefficient (Wildman–Crippen LogP) is 7.36. The summed E-state index contributed by atoms with van der Waals surface area (Å²) >= 11 is 5.57. The number of rotatable bonds is 6. The Bertz CT molecular complexity index is 805. The van der Waals surface area contributed by atoms with Crippen LogP contribution in [0, 0.1) is 17.6 Å². The molecule has 28 heavy (non-hydrogen) atoms. The van der Waals surface area contributed by atoms with Crippen LogP contribution in [0.15, 0.2) is 24.4 Å². The van der Waals surface area contributed by atoms with Crippen LogP contribution >= 0.6 is 11.6 Å². The van der Waals surface area contributed by atoms with Gasteiger partial charge in [0.2, 0.25) is 0 Å². The molecule has 0 N–H and O–H groups in total. The van der Waals surface area contributed by atoms with Crippen molar-refractivity contribution in [3.05, 3.63) is 46.6 Å². The van der Waals surface area contributed by atoms with Gasteiger partial charge in [0.25, 0.3) is 0 Å². The lowest BCUT2D eigenvalue weighted by molar-refractivity contribution is -0.0499. The second-order valence-corrected chi connectivity index (χ2v) is 7.60. The average Bonchev–Trinajstić information content (AvgIpc) is 2.69. The van der Waals surface area contributed by atoms with Gasteiger partial charge in [-0.2, -0.15) is 8.78 Å². The average molecular weight is 416 g/mol. The molecule has 152 valence electrons. The van der Waals surface area contributed by atoms with Crippen molar-refractivity contribution in [3.8, 4) is 17.0 Å². The van der Waals surface area contributed by atoms with Crippen LogP contribution in [0.1, 0.15) is 56.9 Å². The Hall–Kier alpha value is -1.82. The summed E-state index contributed by atoms with van der Waals surface area (Å²) in [6.45, 7) is -1.00. The van der Waals surface area contributed by atoms with Gasteiger partial charge < -0.3 is 4.74 Å². The summed E-state index contributed by atoms with van der Waals surface area (Å²) in [5.74, 6) is -2.11. The minimum Gasteiger partial charge on any atom is -0.433 e. The third-order valence-electron chi connectivity index (χ3n) is 5.41. The quantitative estimate of drug-likeness (QED) is 0.363. The van der Waals surface area contributed by atoms with E-state index in [0.29, 0.717) is 5.92 Å². The Morgan fingerprint density at radius 2 is 1.86 bits per heavy atom. The van der Waals surface area contributed by atoms with E-state index in [4.69, 9.17) is 11.6 Å². The van der Waals surface area contributed by atoms with E-state index in [0.717, 1.165) is 30.4 Å². The van der Waals surface area contributed by atoms with Crippen LogP contribution in [0.3, 0.4) is 0 Å². The first kappa shape index (κ1) is 20.9. The molecule has 0 saturated heterocycles. The van der Waals surface area contributed by atoms with Gasteiger partial charge in [-0.3, -0.25) is 4.98 Å². The molecular weight excluding hydrogens is 394 g/mol. The Kier molecular flexibility index (Phi) is 6.81. The highest BCUT2D eigenvalue weighted by atomic mass is 35.5. The fourth-order valence-electron chi connectivity index (χ4n) is 3.95. The minimum atomic E-state index is -3.20. The molecule has 0 aliphatic heterocycles. The smallest absolute Gasteiger partial charge is 0.387 e. The number of aromatic nitrogens is 1. The highest BCUT2D eigenvalue weighted by molar-refractivity contribution is 6.32. The zero-order valence-electron chi connectivity index (χ0n) is 15.5. The summed E-state index contributed by atoms with van der Waals surface area (Å²) in [4.78, 5) is 4.24. The van der Waals surface area contributed by atoms with Crippen molar-refractivity contribution in [2.75, 3.05) is 0 Å². The van der Waals surface area contributed by atoms with E-state index in [9.17, 15) is 17.6 Å². The normalized spacial score (nSPS) is 19.8. The molecule has 0 atom stereocenters. The lowest BCUT2D eigenvalue weighted by Crippen LogP contribution is -2.13. The topological polar surface area (TPSA) is 22.1 Å². The van der Waals surface area contributed by atoms with Crippen molar-refractivity contribution in [1.82, 2.24) is 4.98 Å². The van der Waals surface area contributed by atoms with E-state index in [1.54, 1.807) is 12.3 Å². The molecule has 7 heteroatoms. The van der Waals surface area contributed by atoms with Gasteiger partial charge in [0.1, 0.15) is 10.8 Å². The highest BCUT2D eigenvalue weighted by Crippen LogP contribution is 2.39. The Balaban J connectivity index is 1.81. The molecule has 1 aliphatic carbocycles. The number of halogens is 5. The molecule has 1 fully saturated rings. The molecule has 0 unspecified atom stereocenters. The maximum atomic E-state index is 14.3. The lowest BCUT2D eigenvalue weighted by Gasteiger charge is -2.28. The maximum absolute atomic E-state index is 14.3. The van der Waals surface area contributed by atoms with Crippen molar-refractivity contribution in [3.63, 3.8) is 0 Å². The van der Waals surface area contributed by atoms with Crippen molar-refractivity contribution >= 4 is 11.6 Å². The third kappa shape index (κ3) is 4.59.